The highest BCUT2D eigenvalue weighted by Crippen LogP contribution is 2.43. The van der Waals surface area contributed by atoms with E-state index >= 15 is 0 Å². The fraction of sp³-hybridized carbons (Fsp3) is 0.360. The Bertz CT molecular complexity index is 1120. The zero-order valence-electron chi connectivity index (χ0n) is 18.9. The predicted octanol–water partition coefficient (Wildman–Crippen LogP) is 2.69. The summed E-state index contributed by atoms with van der Waals surface area (Å²) in [4.78, 5) is 53.9. The molecule has 1 fully saturated rings. The van der Waals surface area contributed by atoms with Crippen molar-refractivity contribution < 1.29 is 19.2 Å². The van der Waals surface area contributed by atoms with Crippen molar-refractivity contribution in [3.63, 3.8) is 0 Å². The molecule has 2 aliphatic heterocycles. The first-order valence-corrected chi connectivity index (χ1v) is 11.2. The van der Waals surface area contributed by atoms with Gasteiger partial charge in [-0.1, -0.05) is 37.3 Å². The molecule has 1 saturated heterocycles. The van der Waals surface area contributed by atoms with E-state index in [1.54, 1.807) is 28.0 Å². The number of carbonyl (C=O) groups is 4. The SMILES string of the molecule is CCc1ccccc1NC(=O)CNC(=O)CCN1C(=O)c2ccccc2N2C(=O)CCC12C. The van der Waals surface area contributed by atoms with Gasteiger partial charge < -0.3 is 15.5 Å². The van der Waals surface area contributed by atoms with Crippen molar-refractivity contribution in [3.8, 4) is 0 Å². The molecule has 2 aromatic rings. The summed E-state index contributed by atoms with van der Waals surface area (Å²) in [7, 11) is 0. The van der Waals surface area contributed by atoms with Gasteiger partial charge in [0.25, 0.3) is 5.91 Å². The molecule has 2 aromatic carbocycles. The normalized spacial score (nSPS) is 19.2. The largest absolute Gasteiger partial charge is 0.347 e. The van der Waals surface area contributed by atoms with Crippen LogP contribution in [0, 0.1) is 0 Å². The standard InChI is InChI=1S/C25H28N4O4/c1-3-17-8-4-6-10-19(17)27-22(31)16-26-21(30)13-15-28-24(33)18-9-5-7-11-20(18)29-23(32)12-14-25(28,29)2/h4-11H,3,12-16H2,1-2H3,(H,26,30)(H,27,31). The van der Waals surface area contributed by atoms with E-state index in [9.17, 15) is 19.2 Å². The van der Waals surface area contributed by atoms with Crippen LogP contribution < -0.4 is 15.5 Å². The number of nitrogens with one attached hydrogen (secondary N) is 2. The van der Waals surface area contributed by atoms with Crippen molar-refractivity contribution in [3.05, 3.63) is 59.7 Å². The van der Waals surface area contributed by atoms with E-state index in [2.05, 4.69) is 10.6 Å². The number of anilines is 2. The fourth-order valence-electron chi connectivity index (χ4n) is 4.67. The van der Waals surface area contributed by atoms with Crippen LogP contribution in [0.4, 0.5) is 11.4 Å². The van der Waals surface area contributed by atoms with Crippen LogP contribution in [-0.4, -0.2) is 47.3 Å². The maximum absolute atomic E-state index is 13.2. The van der Waals surface area contributed by atoms with E-state index in [1.165, 1.54) is 0 Å². The number of nitrogens with zero attached hydrogens (tertiary/aromatic N) is 2. The second-order valence-electron chi connectivity index (χ2n) is 8.51. The lowest BCUT2D eigenvalue weighted by atomic mass is 9.98. The number of amides is 4. The Balaban J connectivity index is 1.37. The van der Waals surface area contributed by atoms with Gasteiger partial charge in [0.1, 0.15) is 5.66 Å². The van der Waals surface area contributed by atoms with E-state index in [0.717, 1.165) is 17.7 Å². The van der Waals surface area contributed by atoms with Crippen LogP contribution in [0.2, 0.25) is 0 Å². The van der Waals surface area contributed by atoms with Crippen molar-refractivity contribution in [1.82, 2.24) is 10.2 Å². The van der Waals surface area contributed by atoms with Gasteiger partial charge in [-0.15, -0.1) is 0 Å². The Kier molecular flexibility index (Phi) is 6.18. The number of aryl methyl sites for hydroxylation is 1. The zero-order valence-corrected chi connectivity index (χ0v) is 18.9. The molecule has 0 saturated carbocycles. The number of para-hydroxylation sites is 2. The van der Waals surface area contributed by atoms with Crippen LogP contribution in [0.1, 0.15) is 49.0 Å². The van der Waals surface area contributed by atoms with Gasteiger partial charge in [0.05, 0.1) is 17.8 Å². The molecule has 8 heteroatoms. The smallest absolute Gasteiger partial charge is 0.257 e. The Labute approximate surface area is 192 Å². The second kappa shape index (κ2) is 9.05. The van der Waals surface area contributed by atoms with Gasteiger partial charge in [-0.05, 0) is 43.5 Å². The van der Waals surface area contributed by atoms with Gasteiger partial charge in [-0.3, -0.25) is 24.1 Å². The summed E-state index contributed by atoms with van der Waals surface area (Å²) in [6.07, 6.45) is 1.67. The lowest BCUT2D eigenvalue weighted by molar-refractivity contribution is -0.124. The molecule has 0 bridgehead atoms. The van der Waals surface area contributed by atoms with Crippen LogP contribution in [0.25, 0.3) is 0 Å². The molecule has 2 N–H and O–H groups in total. The molecule has 0 radical (unpaired) electrons. The monoisotopic (exact) mass is 448 g/mol. The van der Waals surface area contributed by atoms with Crippen molar-refractivity contribution >= 4 is 35.0 Å². The summed E-state index contributed by atoms with van der Waals surface area (Å²) in [5.74, 6) is -0.872. The van der Waals surface area contributed by atoms with Gasteiger partial charge in [0.15, 0.2) is 0 Å². The van der Waals surface area contributed by atoms with Crippen LogP contribution in [0.5, 0.6) is 0 Å². The third-order valence-electron chi connectivity index (χ3n) is 6.43. The average molecular weight is 449 g/mol. The zero-order chi connectivity index (χ0) is 23.6. The highest BCUT2D eigenvalue weighted by molar-refractivity contribution is 6.10. The van der Waals surface area contributed by atoms with Gasteiger partial charge in [-0.25, -0.2) is 0 Å². The Morgan fingerprint density at radius 2 is 1.76 bits per heavy atom. The summed E-state index contributed by atoms with van der Waals surface area (Å²) in [5.41, 5.74) is 2.03. The molecule has 2 heterocycles. The minimum Gasteiger partial charge on any atom is -0.347 e. The van der Waals surface area contributed by atoms with Crippen molar-refractivity contribution in [2.45, 2.75) is 45.2 Å². The number of rotatable bonds is 7. The maximum Gasteiger partial charge on any atom is 0.257 e. The summed E-state index contributed by atoms with van der Waals surface area (Å²) in [6, 6.07) is 14.6. The highest BCUT2D eigenvalue weighted by Gasteiger charge is 2.52. The minimum atomic E-state index is -0.802. The number of fused-ring (bicyclic) bond motifs is 3. The van der Waals surface area contributed by atoms with Crippen LogP contribution in [-0.2, 0) is 20.8 Å². The van der Waals surface area contributed by atoms with Gasteiger partial charge in [0.2, 0.25) is 17.7 Å². The molecule has 0 aromatic heterocycles. The van der Waals surface area contributed by atoms with E-state index in [-0.39, 0.29) is 43.1 Å². The number of benzene rings is 2. The number of carbonyl (C=O) groups excluding carboxylic acids is 4. The quantitative estimate of drug-likeness (QED) is 0.680. The molecular weight excluding hydrogens is 420 g/mol. The highest BCUT2D eigenvalue weighted by atomic mass is 16.2. The minimum absolute atomic E-state index is 0.0315. The summed E-state index contributed by atoms with van der Waals surface area (Å²) >= 11 is 0. The van der Waals surface area contributed by atoms with Crippen LogP contribution in [0.15, 0.2) is 48.5 Å². The van der Waals surface area contributed by atoms with E-state index in [0.29, 0.717) is 24.1 Å². The maximum atomic E-state index is 13.2. The Hall–Kier alpha value is -3.68. The van der Waals surface area contributed by atoms with E-state index in [4.69, 9.17) is 0 Å². The fourth-order valence-corrected chi connectivity index (χ4v) is 4.67. The molecule has 2 aliphatic rings. The third-order valence-corrected chi connectivity index (χ3v) is 6.43. The predicted molar refractivity (Wildman–Crippen MR) is 125 cm³/mol. The molecule has 0 spiro atoms. The second-order valence-corrected chi connectivity index (χ2v) is 8.51. The molecule has 0 aliphatic carbocycles. The van der Waals surface area contributed by atoms with Crippen LogP contribution in [0.3, 0.4) is 0 Å². The summed E-state index contributed by atoms with van der Waals surface area (Å²) < 4.78 is 0. The topological polar surface area (TPSA) is 98.8 Å². The number of hydrogen-bond acceptors (Lipinski definition) is 4. The Morgan fingerprint density at radius 3 is 2.55 bits per heavy atom. The number of hydrogen-bond donors (Lipinski definition) is 2. The molecule has 4 rings (SSSR count). The first-order valence-electron chi connectivity index (χ1n) is 11.2. The van der Waals surface area contributed by atoms with Crippen LogP contribution >= 0.6 is 0 Å². The molecular formula is C25H28N4O4. The first kappa shape index (κ1) is 22.5. The van der Waals surface area contributed by atoms with Gasteiger partial charge in [0, 0.05) is 25.1 Å². The van der Waals surface area contributed by atoms with E-state index < -0.39 is 5.66 Å². The van der Waals surface area contributed by atoms with E-state index in [1.807, 2.05) is 44.2 Å². The van der Waals surface area contributed by atoms with Gasteiger partial charge in [-0.2, -0.15) is 0 Å². The van der Waals surface area contributed by atoms with Gasteiger partial charge >= 0.3 is 0 Å². The third kappa shape index (κ3) is 4.20. The molecule has 1 unspecified atom stereocenters. The van der Waals surface area contributed by atoms with Crippen molar-refractivity contribution in [2.24, 2.45) is 0 Å². The lowest BCUT2D eigenvalue weighted by Gasteiger charge is -2.48. The molecule has 33 heavy (non-hydrogen) atoms. The Morgan fingerprint density at radius 1 is 1.03 bits per heavy atom. The van der Waals surface area contributed by atoms with Crippen molar-refractivity contribution in [2.75, 3.05) is 23.3 Å². The molecule has 172 valence electrons. The summed E-state index contributed by atoms with van der Waals surface area (Å²) in [6.45, 7) is 3.87. The molecule has 8 nitrogen and oxygen atoms in total. The molecule has 4 amide bonds. The average Bonchev–Trinajstić information content (AvgIpc) is 3.13. The molecule has 1 atom stereocenters. The first-order chi connectivity index (χ1) is 15.8. The summed E-state index contributed by atoms with van der Waals surface area (Å²) in [5, 5.41) is 5.44. The lowest BCUT2D eigenvalue weighted by Crippen LogP contribution is -2.62. The van der Waals surface area contributed by atoms with Crippen molar-refractivity contribution in [1.29, 1.82) is 0 Å².